The third-order valence-corrected chi connectivity index (χ3v) is 3.83. The first kappa shape index (κ1) is 14.6. The predicted octanol–water partition coefficient (Wildman–Crippen LogP) is -1.89. The first-order valence-electron chi connectivity index (χ1n) is 6.67. The normalized spacial score (nSPS) is 21.9. The molecule has 21 heavy (non-hydrogen) atoms. The summed E-state index contributed by atoms with van der Waals surface area (Å²) in [5.41, 5.74) is 1.99. The van der Waals surface area contributed by atoms with Crippen molar-refractivity contribution in [1.29, 1.82) is 0 Å². The van der Waals surface area contributed by atoms with Crippen molar-refractivity contribution in [2.45, 2.75) is 19.1 Å². The SMILES string of the molecule is [CH2-]C[n+]1ccc2c(c1)OC1=C3C=CC(=O)OC3CCN12.[Na+]. The molecular formula is C15H14N2NaO3+. The standard InChI is InChI=1S/C15H14N2O3.Na/c1-2-16-7-5-11-13(9-16)20-15-10-3-4-14(18)19-12(10)6-8-17(11)15;/h3-5,7,9,12H,1-2,6,8H2;/q;+1. The average molecular weight is 293 g/mol. The molecule has 1 aromatic heterocycles. The number of rotatable bonds is 1. The van der Waals surface area contributed by atoms with E-state index in [1.165, 1.54) is 6.08 Å². The molecule has 0 amide bonds. The average Bonchev–Trinajstić information content (AvgIpc) is 2.84. The van der Waals surface area contributed by atoms with Crippen LogP contribution in [0.4, 0.5) is 5.69 Å². The number of esters is 1. The molecule has 1 unspecified atom stereocenters. The third kappa shape index (κ3) is 2.29. The van der Waals surface area contributed by atoms with E-state index in [2.05, 4.69) is 11.8 Å². The molecule has 6 heteroatoms. The Morgan fingerprint density at radius 2 is 2.29 bits per heavy atom. The summed E-state index contributed by atoms with van der Waals surface area (Å²) in [6, 6.07) is 2.03. The van der Waals surface area contributed by atoms with Gasteiger partial charge < -0.3 is 14.4 Å². The zero-order valence-corrected chi connectivity index (χ0v) is 13.9. The van der Waals surface area contributed by atoms with Gasteiger partial charge in [0.05, 0.1) is 11.3 Å². The van der Waals surface area contributed by atoms with E-state index < -0.39 is 0 Å². The zero-order chi connectivity index (χ0) is 13.7. The van der Waals surface area contributed by atoms with Crippen LogP contribution in [0.15, 0.2) is 42.1 Å². The number of pyridine rings is 1. The minimum Gasteiger partial charge on any atom is -0.454 e. The minimum absolute atomic E-state index is 0. The van der Waals surface area contributed by atoms with Crippen LogP contribution in [0.3, 0.4) is 0 Å². The molecule has 3 aliphatic heterocycles. The molecule has 0 spiro atoms. The quantitative estimate of drug-likeness (QED) is 0.263. The number of ether oxygens (including phenoxy) is 2. The Morgan fingerprint density at radius 3 is 3.10 bits per heavy atom. The van der Waals surface area contributed by atoms with Crippen LogP contribution in [0, 0.1) is 6.92 Å². The number of hydrogen-bond donors (Lipinski definition) is 0. The Balaban J connectivity index is 0.00000132. The van der Waals surface area contributed by atoms with Gasteiger partial charge in [0.2, 0.25) is 17.8 Å². The van der Waals surface area contributed by atoms with Crippen LogP contribution in [0.2, 0.25) is 0 Å². The Morgan fingerprint density at radius 1 is 1.43 bits per heavy atom. The molecule has 0 saturated heterocycles. The molecule has 0 N–H and O–H groups in total. The minimum atomic E-state index is -0.279. The Hall–Kier alpha value is -1.30. The summed E-state index contributed by atoms with van der Waals surface area (Å²) in [6.45, 7) is 5.30. The summed E-state index contributed by atoms with van der Waals surface area (Å²) < 4.78 is 13.3. The van der Waals surface area contributed by atoms with E-state index in [1.807, 2.05) is 23.0 Å². The van der Waals surface area contributed by atoms with E-state index in [0.717, 1.165) is 35.9 Å². The molecule has 102 valence electrons. The third-order valence-electron chi connectivity index (χ3n) is 3.83. The van der Waals surface area contributed by atoms with Crippen molar-refractivity contribution in [2.75, 3.05) is 11.4 Å². The van der Waals surface area contributed by atoms with E-state index in [0.29, 0.717) is 6.54 Å². The van der Waals surface area contributed by atoms with Gasteiger partial charge in [-0.3, -0.25) is 6.92 Å². The number of aromatic nitrogens is 1. The van der Waals surface area contributed by atoms with Crippen molar-refractivity contribution >= 4 is 11.7 Å². The van der Waals surface area contributed by atoms with Crippen LogP contribution in [0.5, 0.6) is 5.75 Å². The smallest absolute Gasteiger partial charge is 0.454 e. The molecule has 5 nitrogen and oxygen atoms in total. The van der Waals surface area contributed by atoms with Gasteiger partial charge in [0.1, 0.15) is 6.10 Å². The van der Waals surface area contributed by atoms with E-state index in [9.17, 15) is 4.79 Å². The van der Waals surface area contributed by atoms with Crippen molar-refractivity contribution in [3.05, 3.63) is 49.0 Å². The number of nitrogens with zero attached hydrogens (tertiary/aromatic N) is 2. The first-order chi connectivity index (χ1) is 9.76. The number of anilines is 1. The fourth-order valence-electron chi connectivity index (χ4n) is 2.83. The molecule has 0 radical (unpaired) electrons. The van der Waals surface area contributed by atoms with Gasteiger partial charge in [-0.1, -0.05) is 0 Å². The number of carbonyl (C=O) groups is 1. The van der Waals surface area contributed by atoms with Gasteiger partial charge in [-0.2, -0.15) is 0 Å². The molecule has 1 aromatic rings. The summed E-state index contributed by atoms with van der Waals surface area (Å²) in [5.74, 6) is 1.32. The van der Waals surface area contributed by atoms with Crippen molar-refractivity contribution in [3.8, 4) is 5.75 Å². The number of fused-ring (bicyclic) bond motifs is 4. The molecule has 0 fully saturated rings. The summed E-state index contributed by atoms with van der Waals surface area (Å²) in [7, 11) is 0. The largest absolute Gasteiger partial charge is 1.00 e. The maximum atomic E-state index is 11.3. The van der Waals surface area contributed by atoms with E-state index in [1.54, 1.807) is 6.08 Å². The topological polar surface area (TPSA) is 42.6 Å². The molecule has 0 bridgehead atoms. The maximum absolute atomic E-state index is 11.3. The van der Waals surface area contributed by atoms with Gasteiger partial charge in [0, 0.05) is 31.7 Å². The van der Waals surface area contributed by atoms with Crippen molar-refractivity contribution in [2.24, 2.45) is 0 Å². The summed E-state index contributed by atoms with van der Waals surface area (Å²) >= 11 is 0. The summed E-state index contributed by atoms with van der Waals surface area (Å²) in [6.07, 6.45) is 7.78. The molecular weight excluding hydrogens is 279 g/mol. The molecule has 0 aromatic carbocycles. The molecule has 4 heterocycles. The fourth-order valence-corrected chi connectivity index (χ4v) is 2.83. The van der Waals surface area contributed by atoms with E-state index >= 15 is 0 Å². The summed E-state index contributed by atoms with van der Waals surface area (Å²) in [4.78, 5) is 13.5. The van der Waals surface area contributed by atoms with Gasteiger partial charge in [0.25, 0.3) is 0 Å². The summed E-state index contributed by atoms with van der Waals surface area (Å²) in [5, 5.41) is 0. The predicted molar refractivity (Wildman–Crippen MR) is 70.6 cm³/mol. The van der Waals surface area contributed by atoms with Crippen LogP contribution >= 0.6 is 0 Å². The van der Waals surface area contributed by atoms with E-state index in [4.69, 9.17) is 9.47 Å². The Bertz CT molecular complexity index is 669. The second kappa shape index (κ2) is 5.48. The van der Waals surface area contributed by atoms with Gasteiger partial charge >= 0.3 is 35.5 Å². The van der Waals surface area contributed by atoms with Crippen LogP contribution in [-0.4, -0.2) is 18.6 Å². The zero-order valence-electron chi connectivity index (χ0n) is 11.9. The Labute approximate surface area is 145 Å². The first-order valence-corrected chi connectivity index (χ1v) is 6.67. The Kier molecular flexibility index (Phi) is 3.82. The van der Waals surface area contributed by atoms with Crippen molar-refractivity contribution < 1.29 is 48.4 Å². The van der Waals surface area contributed by atoms with Crippen molar-refractivity contribution in [1.82, 2.24) is 0 Å². The van der Waals surface area contributed by atoms with Crippen LogP contribution in [0.1, 0.15) is 6.42 Å². The second-order valence-corrected chi connectivity index (χ2v) is 4.99. The van der Waals surface area contributed by atoms with E-state index in [-0.39, 0.29) is 41.6 Å². The maximum Gasteiger partial charge on any atom is 1.00 e. The van der Waals surface area contributed by atoms with Gasteiger partial charge in [0.15, 0.2) is 6.20 Å². The van der Waals surface area contributed by atoms with Gasteiger partial charge in [-0.05, 0) is 6.08 Å². The molecule has 0 saturated carbocycles. The van der Waals surface area contributed by atoms with Crippen LogP contribution in [-0.2, 0) is 16.1 Å². The molecule has 0 aliphatic carbocycles. The molecule has 1 atom stereocenters. The fraction of sp³-hybridized carbons (Fsp3) is 0.267. The van der Waals surface area contributed by atoms with Crippen LogP contribution in [0.25, 0.3) is 0 Å². The monoisotopic (exact) mass is 293 g/mol. The second-order valence-electron chi connectivity index (χ2n) is 4.99. The molecule has 4 rings (SSSR count). The number of hydrogen-bond acceptors (Lipinski definition) is 4. The van der Waals surface area contributed by atoms with Crippen LogP contribution < -0.4 is 43.8 Å². The van der Waals surface area contributed by atoms with Gasteiger partial charge in [-0.25, -0.2) is 9.36 Å². The molecule has 3 aliphatic rings. The van der Waals surface area contributed by atoms with Crippen molar-refractivity contribution in [3.63, 3.8) is 0 Å². The van der Waals surface area contributed by atoms with Gasteiger partial charge in [-0.15, -0.1) is 0 Å². The number of carbonyl (C=O) groups excluding carboxylic acids is 1.